The second-order valence-corrected chi connectivity index (χ2v) is 16.3. The molecule has 0 bridgehead atoms. The summed E-state index contributed by atoms with van der Waals surface area (Å²) in [6.45, 7) is 4.16. The molecule has 288 valence electrons. The number of nitro benzene ring substituents is 1. The minimum Gasteiger partial charge on any atom is -0.457 e. The first-order valence-electron chi connectivity index (χ1n) is 17.3. The van der Waals surface area contributed by atoms with Gasteiger partial charge in [0.25, 0.3) is 29.3 Å². The van der Waals surface area contributed by atoms with Crippen molar-refractivity contribution < 1.29 is 33.6 Å². The van der Waals surface area contributed by atoms with Gasteiger partial charge in [-0.25, -0.2) is 9.80 Å². The van der Waals surface area contributed by atoms with Crippen molar-refractivity contribution in [3.05, 3.63) is 178 Å². The van der Waals surface area contributed by atoms with E-state index in [0.29, 0.717) is 28.0 Å². The van der Waals surface area contributed by atoms with Crippen LogP contribution in [0.1, 0.15) is 66.4 Å². The molecule has 0 fully saturated rings. The van der Waals surface area contributed by atoms with Crippen LogP contribution < -0.4 is 19.3 Å². The molecule has 15 heteroatoms. The largest absolute Gasteiger partial charge is 0.457 e. The van der Waals surface area contributed by atoms with Gasteiger partial charge in [0.15, 0.2) is 0 Å². The van der Waals surface area contributed by atoms with Crippen LogP contribution in [0.4, 0.5) is 17.1 Å². The lowest BCUT2D eigenvalue weighted by molar-refractivity contribution is -0.385. The summed E-state index contributed by atoms with van der Waals surface area (Å²) in [6.07, 6.45) is 0. The van der Waals surface area contributed by atoms with Crippen LogP contribution in [0.15, 0.2) is 124 Å². The number of anilines is 2. The Hall–Kier alpha value is -5.86. The van der Waals surface area contributed by atoms with Crippen molar-refractivity contribution in [1.82, 2.24) is 0 Å². The summed E-state index contributed by atoms with van der Waals surface area (Å²) in [5, 5.41) is 11.9. The summed E-state index contributed by atoms with van der Waals surface area (Å²) < 4.78 is 12.6. The first kappa shape index (κ1) is 39.0. The van der Waals surface area contributed by atoms with Crippen LogP contribution in [0, 0.1) is 10.1 Å². The molecule has 0 saturated heterocycles. The topological polar surface area (TPSA) is 136 Å². The standard InChI is InChI=1S/C43H25Br2Cl2N3O8/c1-43(2,22-3-8-26(9-4-22)57-28-12-14-30-32(20-28)41(53)48(39(30)51)37-16-7-24(46)17-36(37)47)23-5-10-27(11-6-23)58-29-13-15-31-33(21-29)42(54)49(40(31)52)38-34(44)18-25(50(55)56)19-35(38)45/h3-21H,1-2H3. The molecule has 0 saturated carbocycles. The van der Waals surface area contributed by atoms with Gasteiger partial charge in [-0.2, -0.15) is 0 Å². The number of carbonyl (C=O) groups excluding carboxylic acids is 4. The maximum Gasteiger partial charge on any atom is 0.271 e. The second kappa shape index (κ2) is 14.8. The molecule has 0 atom stereocenters. The molecule has 8 rings (SSSR count). The average molecular weight is 942 g/mol. The molecule has 0 N–H and O–H groups in total. The predicted molar refractivity (Wildman–Crippen MR) is 225 cm³/mol. The van der Waals surface area contributed by atoms with E-state index < -0.39 is 34.0 Å². The van der Waals surface area contributed by atoms with E-state index in [1.54, 1.807) is 24.3 Å². The number of carbonyl (C=O) groups is 4. The molecule has 11 nitrogen and oxygen atoms in total. The van der Waals surface area contributed by atoms with E-state index in [9.17, 15) is 29.3 Å². The highest BCUT2D eigenvalue weighted by Crippen LogP contribution is 2.43. The summed E-state index contributed by atoms with van der Waals surface area (Å²) in [7, 11) is 0. The Balaban J connectivity index is 0.941. The van der Waals surface area contributed by atoms with Crippen molar-refractivity contribution in [1.29, 1.82) is 0 Å². The quantitative estimate of drug-likeness (QED) is 0.0794. The van der Waals surface area contributed by atoms with Gasteiger partial charge in [-0.15, -0.1) is 0 Å². The lowest BCUT2D eigenvalue weighted by atomic mass is 9.78. The summed E-state index contributed by atoms with van der Waals surface area (Å²) in [6, 6.07) is 31.4. The van der Waals surface area contributed by atoms with Crippen molar-refractivity contribution in [3.8, 4) is 23.0 Å². The van der Waals surface area contributed by atoms with Crippen LogP contribution in [-0.4, -0.2) is 28.6 Å². The molecule has 2 heterocycles. The molecule has 0 spiro atoms. The number of amides is 4. The maximum atomic E-state index is 13.5. The van der Waals surface area contributed by atoms with Gasteiger partial charge in [0.1, 0.15) is 23.0 Å². The van der Waals surface area contributed by atoms with Gasteiger partial charge in [0.05, 0.1) is 43.6 Å². The van der Waals surface area contributed by atoms with E-state index in [4.69, 9.17) is 32.7 Å². The Kier molecular flexibility index (Phi) is 9.96. The Morgan fingerprint density at radius 1 is 0.569 bits per heavy atom. The first-order valence-corrected chi connectivity index (χ1v) is 19.7. The molecular formula is C43H25Br2Cl2N3O8. The van der Waals surface area contributed by atoms with E-state index in [1.165, 1.54) is 42.5 Å². The number of hydrogen-bond donors (Lipinski definition) is 0. The second-order valence-electron chi connectivity index (χ2n) is 13.8. The van der Waals surface area contributed by atoms with E-state index >= 15 is 0 Å². The van der Waals surface area contributed by atoms with Gasteiger partial charge < -0.3 is 9.47 Å². The van der Waals surface area contributed by atoms with E-state index in [2.05, 4.69) is 45.7 Å². The minimum atomic E-state index is -0.597. The first-order chi connectivity index (χ1) is 27.6. The van der Waals surface area contributed by atoms with Crippen LogP contribution in [0.3, 0.4) is 0 Å². The number of rotatable bonds is 9. The lowest BCUT2D eigenvalue weighted by Crippen LogP contribution is -2.30. The van der Waals surface area contributed by atoms with Gasteiger partial charge in [0, 0.05) is 31.5 Å². The fraction of sp³-hybridized carbons (Fsp3) is 0.0698. The fourth-order valence-electron chi connectivity index (χ4n) is 6.84. The zero-order valence-electron chi connectivity index (χ0n) is 30.1. The van der Waals surface area contributed by atoms with Gasteiger partial charge in [0.2, 0.25) is 0 Å². The number of ether oxygens (including phenoxy) is 2. The summed E-state index contributed by atoms with van der Waals surface area (Å²) >= 11 is 18.9. The normalized spacial score (nSPS) is 13.6. The van der Waals surface area contributed by atoms with Gasteiger partial charge >= 0.3 is 0 Å². The summed E-state index contributed by atoms with van der Waals surface area (Å²) in [4.78, 5) is 66.0. The SMILES string of the molecule is CC(C)(c1ccc(Oc2ccc3c(c2)C(=O)N(c2ccc(Cl)cc2Cl)C3=O)cc1)c1ccc(Oc2ccc3c(c2)C(=O)N(c2c(Br)cc([N+](=O)[O-])cc2Br)C3=O)cc1. The van der Waals surface area contributed by atoms with Crippen molar-refractivity contribution >= 4 is 95.8 Å². The maximum absolute atomic E-state index is 13.5. The van der Waals surface area contributed by atoms with Crippen LogP contribution in [0.2, 0.25) is 10.0 Å². The van der Waals surface area contributed by atoms with Crippen LogP contribution in [0.25, 0.3) is 0 Å². The number of fused-ring (bicyclic) bond motifs is 2. The zero-order chi connectivity index (χ0) is 41.2. The van der Waals surface area contributed by atoms with Crippen molar-refractivity contribution in [2.45, 2.75) is 19.3 Å². The van der Waals surface area contributed by atoms with Gasteiger partial charge in [-0.3, -0.25) is 29.3 Å². The van der Waals surface area contributed by atoms with Gasteiger partial charge in [-0.1, -0.05) is 61.3 Å². The number of benzene rings is 6. The molecule has 4 amide bonds. The zero-order valence-corrected chi connectivity index (χ0v) is 34.8. The number of imide groups is 2. The average Bonchev–Trinajstić information content (AvgIpc) is 3.58. The van der Waals surface area contributed by atoms with Crippen molar-refractivity contribution in [3.63, 3.8) is 0 Å². The molecule has 0 aliphatic carbocycles. The van der Waals surface area contributed by atoms with E-state index in [0.717, 1.165) is 20.9 Å². The van der Waals surface area contributed by atoms with E-state index in [1.807, 2.05) is 48.5 Å². The van der Waals surface area contributed by atoms with Crippen LogP contribution in [0.5, 0.6) is 23.0 Å². The highest BCUT2D eigenvalue weighted by Gasteiger charge is 2.40. The third kappa shape index (κ3) is 6.83. The summed E-state index contributed by atoms with van der Waals surface area (Å²) in [5.41, 5.74) is 2.49. The number of hydrogen-bond acceptors (Lipinski definition) is 8. The summed E-state index contributed by atoms with van der Waals surface area (Å²) in [5.74, 6) is -0.412. The molecule has 0 radical (unpaired) electrons. The molecule has 2 aliphatic heterocycles. The molecule has 2 aliphatic rings. The lowest BCUT2D eigenvalue weighted by Gasteiger charge is -2.26. The van der Waals surface area contributed by atoms with E-state index in [-0.39, 0.29) is 53.3 Å². The highest BCUT2D eigenvalue weighted by molar-refractivity contribution is 9.11. The number of non-ortho nitro benzene ring substituents is 1. The van der Waals surface area contributed by atoms with Crippen LogP contribution >= 0.6 is 55.1 Å². The number of nitro groups is 1. The van der Waals surface area contributed by atoms with Gasteiger partial charge in [-0.05, 0) is 122 Å². The Morgan fingerprint density at radius 3 is 1.47 bits per heavy atom. The molecule has 0 unspecified atom stereocenters. The predicted octanol–water partition coefficient (Wildman–Crippen LogP) is 11.9. The third-order valence-corrected chi connectivity index (χ3v) is 11.7. The molecule has 6 aromatic carbocycles. The fourth-order valence-corrected chi connectivity index (χ4v) is 8.85. The monoisotopic (exact) mass is 939 g/mol. The minimum absolute atomic E-state index is 0.135. The van der Waals surface area contributed by atoms with Crippen LogP contribution in [-0.2, 0) is 5.41 Å². The molecular weight excluding hydrogens is 917 g/mol. The highest BCUT2D eigenvalue weighted by atomic mass is 79.9. The van der Waals surface area contributed by atoms with Crippen molar-refractivity contribution in [2.24, 2.45) is 0 Å². The van der Waals surface area contributed by atoms with Crippen molar-refractivity contribution in [2.75, 3.05) is 9.80 Å². The Morgan fingerprint density at radius 2 is 1.00 bits per heavy atom. The number of halogens is 4. The Bertz CT molecular complexity index is 2750. The molecule has 6 aromatic rings. The number of nitrogens with zero attached hydrogens (tertiary/aromatic N) is 3. The third-order valence-electron chi connectivity index (χ3n) is 9.93. The molecule has 0 aromatic heterocycles. The molecule has 58 heavy (non-hydrogen) atoms. The smallest absolute Gasteiger partial charge is 0.271 e. The Labute approximate surface area is 357 Å².